The zero-order valence-electron chi connectivity index (χ0n) is 11.2. The molecule has 1 aromatic carbocycles. The number of benzene rings is 1. The van der Waals surface area contributed by atoms with E-state index in [1.54, 1.807) is 5.51 Å². The molecule has 20 heavy (non-hydrogen) atoms. The van der Waals surface area contributed by atoms with Gasteiger partial charge in [-0.25, -0.2) is 0 Å². The van der Waals surface area contributed by atoms with Crippen molar-refractivity contribution in [1.82, 2.24) is 15.1 Å². The largest absolute Gasteiger partial charge is 0.299 e. The Kier molecular flexibility index (Phi) is 3.75. The van der Waals surface area contributed by atoms with Crippen LogP contribution in [0.15, 0.2) is 29.8 Å². The predicted octanol–water partition coefficient (Wildman–Crippen LogP) is 2.10. The Morgan fingerprint density at radius 3 is 3.15 bits per heavy atom. The van der Waals surface area contributed by atoms with Crippen LogP contribution in [0, 0.1) is 0 Å². The van der Waals surface area contributed by atoms with Crippen LogP contribution < -0.4 is 5.32 Å². The van der Waals surface area contributed by atoms with Crippen LogP contribution in [0.2, 0.25) is 0 Å². The smallest absolute Gasteiger partial charge is 0.240 e. The molecule has 1 amide bonds. The molecule has 0 fully saturated rings. The molecule has 1 N–H and O–H groups in total. The molecule has 0 saturated heterocycles. The number of likely N-dealkylation sites (N-methyl/N-ethyl adjacent to an activating group) is 1. The van der Waals surface area contributed by atoms with Gasteiger partial charge < -0.3 is 0 Å². The van der Waals surface area contributed by atoms with Crippen molar-refractivity contribution in [3.8, 4) is 0 Å². The van der Waals surface area contributed by atoms with Crippen LogP contribution in [0.25, 0.3) is 0 Å². The monoisotopic (exact) mass is 288 g/mol. The number of fused-ring (bicyclic) bond motifs is 1. The van der Waals surface area contributed by atoms with Crippen molar-refractivity contribution in [3.63, 3.8) is 0 Å². The van der Waals surface area contributed by atoms with Crippen molar-refractivity contribution in [2.75, 3.05) is 18.9 Å². The van der Waals surface area contributed by atoms with Gasteiger partial charge in [0.1, 0.15) is 5.51 Å². The standard InChI is InChI=1S/C14H16N4OS/c1-18(8-13(19)16-14-17-15-9-20-14)12-7-6-10-4-2-3-5-11(10)12/h2-5,9,12H,6-8H2,1H3,(H,16,17,19)/t12-/m1/s1. The van der Waals surface area contributed by atoms with Crippen molar-refractivity contribution >= 4 is 22.4 Å². The van der Waals surface area contributed by atoms with Crippen LogP contribution in [0.5, 0.6) is 0 Å². The first-order valence-electron chi connectivity index (χ1n) is 6.58. The maximum atomic E-state index is 12.0. The zero-order valence-corrected chi connectivity index (χ0v) is 12.1. The fourth-order valence-electron chi connectivity index (χ4n) is 2.72. The van der Waals surface area contributed by atoms with E-state index in [4.69, 9.17) is 0 Å². The van der Waals surface area contributed by atoms with Crippen molar-refractivity contribution in [2.45, 2.75) is 18.9 Å². The number of anilines is 1. The summed E-state index contributed by atoms with van der Waals surface area (Å²) in [5.74, 6) is -0.0476. The Morgan fingerprint density at radius 1 is 1.50 bits per heavy atom. The molecule has 6 heteroatoms. The van der Waals surface area contributed by atoms with Crippen LogP contribution in [-0.2, 0) is 11.2 Å². The molecule has 0 radical (unpaired) electrons. The Labute approximate surface area is 121 Å². The highest BCUT2D eigenvalue weighted by molar-refractivity contribution is 7.13. The minimum atomic E-state index is -0.0476. The number of rotatable bonds is 4. The molecule has 2 aromatic rings. The van der Waals surface area contributed by atoms with Crippen LogP contribution in [-0.4, -0.2) is 34.6 Å². The Bertz CT molecular complexity index is 599. The Hall–Kier alpha value is -1.79. The lowest BCUT2D eigenvalue weighted by Crippen LogP contribution is -2.32. The van der Waals surface area contributed by atoms with Crippen molar-refractivity contribution in [3.05, 3.63) is 40.9 Å². The molecule has 1 heterocycles. The third-order valence-electron chi connectivity index (χ3n) is 3.63. The van der Waals surface area contributed by atoms with Gasteiger partial charge in [-0.05, 0) is 31.0 Å². The number of hydrogen-bond acceptors (Lipinski definition) is 5. The highest BCUT2D eigenvalue weighted by Crippen LogP contribution is 2.34. The second kappa shape index (κ2) is 5.68. The SMILES string of the molecule is CN(CC(=O)Nc1nncs1)[C@@H]1CCc2ccccc21. The number of nitrogens with one attached hydrogen (secondary N) is 1. The van der Waals surface area contributed by atoms with E-state index in [0.717, 1.165) is 12.8 Å². The summed E-state index contributed by atoms with van der Waals surface area (Å²) in [6.07, 6.45) is 2.16. The number of hydrogen-bond donors (Lipinski definition) is 1. The second-order valence-electron chi connectivity index (χ2n) is 4.96. The maximum Gasteiger partial charge on any atom is 0.240 e. The lowest BCUT2D eigenvalue weighted by atomic mass is 10.1. The summed E-state index contributed by atoms with van der Waals surface area (Å²) in [6.45, 7) is 0.360. The molecule has 0 unspecified atom stereocenters. The van der Waals surface area contributed by atoms with E-state index in [1.807, 2.05) is 7.05 Å². The van der Waals surface area contributed by atoms with Crippen LogP contribution >= 0.6 is 11.3 Å². The summed E-state index contributed by atoms with van der Waals surface area (Å²) in [7, 11) is 1.99. The predicted molar refractivity (Wildman–Crippen MR) is 78.7 cm³/mol. The molecule has 0 spiro atoms. The minimum Gasteiger partial charge on any atom is -0.299 e. The van der Waals surface area contributed by atoms with E-state index >= 15 is 0 Å². The maximum absolute atomic E-state index is 12.0. The van der Waals surface area contributed by atoms with E-state index in [-0.39, 0.29) is 5.91 Å². The molecule has 0 bridgehead atoms. The van der Waals surface area contributed by atoms with Gasteiger partial charge in [0, 0.05) is 6.04 Å². The average molecular weight is 288 g/mol. The van der Waals surface area contributed by atoms with Gasteiger partial charge in [-0.1, -0.05) is 35.6 Å². The molecule has 0 saturated carbocycles. The van der Waals surface area contributed by atoms with Crippen LogP contribution in [0.4, 0.5) is 5.13 Å². The number of amides is 1. The third-order valence-corrected chi connectivity index (χ3v) is 4.24. The van der Waals surface area contributed by atoms with Gasteiger partial charge in [0.05, 0.1) is 6.54 Å². The molecular formula is C14H16N4OS. The normalized spacial score (nSPS) is 17.2. The van der Waals surface area contributed by atoms with Gasteiger partial charge in [-0.3, -0.25) is 15.0 Å². The summed E-state index contributed by atoms with van der Waals surface area (Å²) in [6, 6.07) is 8.79. The van der Waals surface area contributed by atoms with Gasteiger partial charge in [-0.15, -0.1) is 10.2 Å². The third kappa shape index (κ3) is 2.71. The number of aryl methyl sites for hydroxylation is 1. The minimum absolute atomic E-state index is 0.0476. The van der Waals surface area contributed by atoms with Crippen molar-refractivity contribution in [2.24, 2.45) is 0 Å². The summed E-state index contributed by atoms with van der Waals surface area (Å²) in [5.41, 5.74) is 4.35. The number of carbonyl (C=O) groups excluding carboxylic acids is 1. The lowest BCUT2D eigenvalue weighted by molar-refractivity contribution is -0.117. The highest BCUT2D eigenvalue weighted by Gasteiger charge is 2.26. The number of nitrogens with zero attached hydrogens (tertiary/aromatic N) is 3. The molecule has 3 rings (SSSR count). The summed E-state index contributed by atoms with van der Waals surface area (Å²) in [4.78, 5) is 14.1. The average Bonchev–Trinajstić information content (AvgIpc) is 3.07. The van der Waals surface area contributed by atoms with Gasteiger partial charge in [0.25, 0.3) is 0 Å². The van der Waals surface area contributed by atoms with E-state index in [2.05, 4.69) is 44.7 Å². The topological polar surface area (TPSA) is 58.1 Å². The summed E-state index contributed by atoms with van der Waals surface area (Å²) < 4.78 is 0. The number of carbonyl (C=O) groups is 1. The van der Waals surface area contributed by atoms with E-state index in [9.17, 15) is 4.79 Å². The second-order valence-corrected chi connectivity index (χ2v) is 5.79. The Morgan fingerprint density at radius 2 is 2.35 bits per heavy atom. The molecule has 5 nitrogen and oxygen atoms in total. The molecule has 1 atom stereocenters. The first-order valence-corrected chi connectivity index (χ1v) is 7.46. The molecule has 1 aliphatic carbocycles. The summed E-state index contributed by atoms with van der Waals surface area (Å²) >= 11 is 1.33. The van der Waals surface area contributed by atoms with Crippen molar-refractivity contribution in [1.29, 1.82) is 0 Å². The molecule has 104 valence electrons. The van der Waals surface area contributed by atoms with Crippen LogP contribution in [0.1, 0.15) is 23.6 Å². The fourth-order valence-corrected chi connectivity index (χ4v) is 3.18. The van der Waals surface area contributed by atoms with Gasteiger partial charge in [0.15, 0.2) is 0 Å². The first kappa shape index (κ1) is 13.2. The number of aromatic nitrogens is 2. The summed E-state index contributed by atoms with van der Waals surface area (Å²) in [5, 5.41) is 10.8. The van der Waals surface area contributed by atoms with Gasteiger partial charge in [-0.2, -0.15) is 0 Å². The Balaban J connectivity index is 1.63. The quantitative estimate of drug-likeness (QED) is 0.936. The zero-order chi connectivity index (χ0) is 13.9. The van der Waals surface area contributed by atoms with Gasteiger partial charge in [0.2, 0.25) is 11.0 Å². The fraction of sp³-hybridized carbons (Fsp3) is 0.357. The van der Waals surface area contributed by atoms with Gasteiger partial charge >= 0.3 is 0 Å². The molecular weight excluding hydrogens is 272 g/mol. The highest BCUT2D eigenvalue weighted by atomic mass is 32.1. The van der Waals surface area contributed by atoms with E-state index < -0.39 is 0 Å². The molecule has 1 aromatic heterocycles. The van der Waals surface area contributed by atoms with Crippen LogP contribution in [0.3, 0.4) is 0 Å². The lowest BCUT2D eigenvalue weighted by Gasteiger charge is -2.24. The first-order chi connectivity index (χ1) is 9.74. The van der Waals surface area contributed by atoms with Crippen molar-refractivity contribution < 1.29 is 4.79 Å². The van der Waals surface area contributed by atoms with E-state index in [1.165, 1.54) is 22.5 Å². The van der Waals surface area contributed by atoms with E-state index in [0.29, 0.717) is 17.7 Å². The molecule has 0 aliphatic heterocycles. The molecule has 1 aliphatic rings.